The van der Waals surface area contributed by atoms with Gasteiger partial charge >= 0.3 is 0 Å². The zero-order valence-electron chi connectivity index (χ0n) is 13.6. The Kier molecular flexibility index (Phi) is 4.37. The molecule has 4 rings (SSSR count). The molecule has 1 aromatic carbocycles. The lowest BCUT2D eigenvalue weighted by molar-refractivity contribution is 0.425. The third-order valence-electron chi connectivity index (χ3n) is 3.44. The van der Waals surface area contributed by atoms with Crippen molar-refractivity contribution in [2.75, 3.05) is 0 Å². The van der Waals surface area contributed by atoms with Gasteiger partial charge in [-0.05, 0) is 37.4 Å². The first kappa shape index (κ1) is 16.0. The van der Waals surface area contributed by atoms with Gasteiger partial charge in [-0.3, -0.25) is 0 Å². The van der Waals surface area contributed by atoms with E-state index in [4.69, 9.17) is 8.94 Å². The third kappa shape index (κ3) is 3.64. The number of aryl methyl sites for hydroxylation is 2. The van der Waals surface area contributed by atoms with Crippen LogP contribution in [0.5, 0.6) is 0 Å². The second-order valence-corrected chi connectivity index (χ2v) is 7.27. The Bertz CT molecular complexity index is 972. The maximum atomic E-state index is 5.74. The van der Waals surface area contributed by atoms with E-state index in [0.717, 1.165) is 22.3 Å². The number of hydrogen-bond acceptors (Lipinski definition) is 8. The maximum absolute atomic E-state index is 5.74. The molecular formula is C17H14N4O2S2. The molecule has 0 radical (unpaired) electrons. The van der Waals surface area contributed by atoms with Gasteiger partial charge in [0.15, 0.2) is 5.82 Å². The van der Waals surface area contributed by atoms with Crippen molar-refractivity contribution in [3.8, 4) is 22.9 Å². The summed E-state index contributed by atoms with van der Waals surface area (Å²) >= 11 is 2.98. The molecular weight excluding hydrogens is 356 g/mol. The third-order valence-corrected chi connectivity index (χ3v) is 4.93. The zero-order valence-corrected chi connectivity index (χ0v) is 15.2. The molecule has 0 aliphatic rings. The van der Waals surface area contributed by atoms with Crippen LogP contribution >= 0.6 is 23.1 Å². The van der Waals surface area contributed by atoms with Gasteiger partial charge in [0.1, 0.15) is 0 Å². The molecule has 126 valence electrons. The second kappa shape index (κ2) is 6.81. The molecule has 0 N–H and O–H groups in total. The first-order valence-electron chi connectivity index (χ1n) is 7.57. The van der Waals surface area contributed by atoms with Crippen LogP contribution in [-0.2, 0) is 5.75 Å². The monoisotopic (exact) mass is 370 g/mol. The lowest BCUT2D eigenvalue weighted by atomic mass is 10.1. The summed E-state index contributed by atoms with van der Waals surface area (Å²) in [5.41, 5.74) is 4.19. The number of thioether (sulfide) groups is 1. The predicted molar refractivity (Wildman–Crippen MR) is 96.4 cm³/mol. The van der Waals surface area contributed by atoms with E-state index in [-0.39, 0.29) is 0 Å². The summed E-state index contributed by atoms with van der Waals surface area (Å²) in [6.07, 6.45) is 0. The van der Waals surface area contributed by atoms with E-state index in [1.54, 1.807) is 11.3 Å². The fourth-order valence-electron chi connectivity index (χ4n) is 2.43. The number of aromatic nitrogens is 4. The summed E-state index contributed by atoms with van der Waals surface area (Å²) in [4.78, 5) is 4.37. The van der Waals surface area contributed by atoms with E-state index >= 15 is 0 Å². The van der Waals surface area contributed by atoms with Gasteiger partial charge in [0.2, 0.25) is 5.89 Å². The van der Waals surface area contributed by atoms with Gasteiger partial charge in [0.05, 0.1) is 11.3 Å². The lowest BCUT2D eigenvalue weighted by Crippen LogP contribution is -1.84. The van der Waals surface area contributed by atoms with Crippen molar-refractivity contribution in [1.29, 1.82) is 0 Å². The molecule has 0 bridgehead atoms. The highest BCUT2D eigenvalue weighted by Crippen LogP contribution is 2.27. The van der Waals surface area contributed by atoms with E-state index in [0.29, 0.717) is 28.6 Å². The lowest BCUT2D eigenvalue weighted by Gasteiger charge is -1.99. The van der Waals surface area contributed by atoms with Crippen molar-refractivity contribution >= 4 is 23.1 Å². The SMILES string of the molecule is Cc1cc(C)cc(-c2nnc(SCc3noc(-c4ccsc4)n3)o2)c1. The molecule has 0 saturated heterocycles. The first-order chi connectivity index (χ1) is 12.2. The Morgan fingerprint density at radius 1 is 1.04 bits per heavy atom. The van der Waals surface area contributed by atoms with Crippen molar-refractivity contribution in [3.63, 3.8) is 0 Å². The van der Waals surface area contributed by atoms with Gasteiger partial charge in [-0.25, -0.2) is 0 Å². The van der Waals surface area contributed by atoms with Crippen molar-refractivity contribution in [3.05, 3.63) is 52.0 Å². The summed E-state index contributed by atoms with van der Waals surface area (Å²) in [5, 5.41) is 16.6. The first-order valence-corrected chi connectivity index (χ1v) is 9.50. The van der Waals surface area contributed by atoms with Gasteiger partial charge in [0, 0.05) is 10.9 Å². The predicted octanol–water partition coefficient (Wildman–Crippen LogP) is 4.76. The van der Waals surface area contributed by atoms with Crippen LogP contribution in [0.2, 0.25) is 0 Å². The molecule has 4 aromatic rings. The normalized spacial score (nSPS) is 11.1. The van der Waals surface area contributed by atoms with Crippen LogP contribution in [0.4, 0.5) is 0 Å². The van der Waals surface area contributed by atoms with E-state index in [9.17, 15) is 0 Å². The standard InChI is InChI=1S/C17H14N4O2S2/c1-10-5-11(2)7-13(6-10)16-19-20-17(22-16)25-9-14-18-15(23-21-14)12-3-4-24-8-12/h3-8H,9H2,1-2H3. The zero-order chi connectivity index (χ0) is 17.2. The Morgan fingerprint density at radius 3 is 2.64 bits per heavy atom. The largest absolute Gasteiger partial charge is 0.411 e. The average Bonchev–Trinajstić information content (AvgIpc) is 3.32. The Balaban J connectivity index is 1.45. The van der Waals surface area contributed by atoms with E-state index in [1.807, 2.05) is 42.8 Å². The van der Waals surface area contributed by atoms with Gasteiger partial charge in [-0.1, -0.05) is 34.1 Å². The molecule has 3 aromatic heterocycles. The van der Waals surface area contributed by atoms with Crippen molar-refractivity contribution < 1.29 is 8.94 Å². The number of rotatable bonds is 5. The highest BCUT2D eigenvalue weighted by atomic mass is 32.2. The molecule has 0 fully saturated rings. The van der Waals surface area contributed by atoms with Crippen LogP contribution in [0.3, 0.4) is 0 Å². The molecule has 0 spiro atoms. The fraction of sp³-hybridized carbons (Fsp3) is 0.176. The summed E-state index contributed by atoms with van der Waals surface area (Å²) < 4.78 is 11.0. The minimum absolute atomic E-state index is 0.482. The molecule has 6 nitrogen and oxygen atoms in total. The minimum Gasteiger partial charge on any atom is -0.411 e. The van der Waals surface area contributed by atoms with E-state index in [1.165, 1.54) is 11.8 Å². The summed E-state index contributed by atoms with van der Waals surface area (Å²) in [6, 6.07) is 8.11. The molecule has 0 amide bonds. The van der Waals surface area contributed by atoms with E-state index in [2.05, 4.69) is 26.4 Å². The van der Waals surface area contributed by atoms with Crippen molar-refractivity contribution in [1.82, 2.24) is 20.3 Å². The van der Waals surface area contributed by atoms with Crippen molar-refractivity contribution in [2.45, 2.75) is 24.8 Å². The van der Waals surface area contributed by atoms with Crippen LogP contribution in [-0.4, -0.2) is 20.3 Å². The molecule has 0 atom stereocenters. The summed E-state index contributed by atoms with van der Waals surface area (Å²) in [6.45, 7) is 4.09. The van der Waals surface area contributed by atoms with Crippen LogP contribution in [0.1, 0.15) is 17.0 Å². The highest BCUT2D eigenvalue weighted by Gasteiger charge is 2.13. The summed E-state index contributed by atoms with van der Waals surface area (Å²) in [5.74, 6) is 2.14. The Hall–Kier alpha value is -2.45. The molecule has 0 aliphatic heterocycles. The van der Waals surface area contributed by atoms with Crippen LogP contribution in [0, 0.1) is 13.8 Å². The number of thiophene rings is 1. The van der Waals surface area contributed by atoms with Crippen LogP contribution in [0.15, 0.2) is 49.2 Å². The second-order valence-electron chi connectivity index (χ2n) is 5.57. The molecule has 0 aliphatic carbocycles. The van der Waals surface area contributed by atoms with E-state index < -0.39 is 0 Å². The molecule has 3 heterocycles. The molecule has 0 saturated carbocycles. The maximum Gasteiger partial charge on any atom is 0.277 e. The number of hydrogen-bond donors (Lipinski definition) is 0. The quantitative estimate of drug-likeness (QED) is 0.469. The average molecular weight is 370 g/mol. The molecule has 8 heteroatoms. The van der Waals surface area contributed by atoms with Gasteiger partial charge in [-0.15, -0.1) is 10.2 Å². The summed E-state index contributed by atoms with van der Waals surface area (Å²) in [7, 11) is 0. The topological polar surface area (TPSA) is 77.8 Å². The fourth-order valence-corrected chi connectivity index (χ4v) is 3.66. The molecule has 0 unspecified atom stereocenters. The smallest absolute Gasteiger partial charge is 0.277 e. The van der Waals surface area contributed by atoms with Crippen LogP contribution in [0.25, 0.3) is 22.9 Å². The minimum atomic E-state index is 0.482. The Morgan fingerprint density at radius 2 is 1.88 bits per heavy atom. The Labute approximate surface area is 152 Å². The van der Waals surface area contributed by atoms with Gasteiger partial charge in [0.25, 0.3) is 11.1 Å². The van der Waals surface area contributed by atoms with Crippen molar-refractivity contribution in [2.24, 2.45) is 0 Å². The highest BCUT2D eigenvalue weighted by molar-refractivity contribution is 7.98. The van der Waals surface area contributed by atoms with Crippen LogP contribution < -0.4 is 0 Å². The number of nitrogens with zero attached hydrogens (tertiary/aromatic N) is 4. The van der Waals surface area contributed by atoms with Gasteiger partial charge < -0.3 is 8.94 Å². The molecule has 25 heavy (non-hydrogen) atoms. The van der Waals surface area contributed by atoms with Gasteiger partial charge in [-0.2, -0.15) is 16.3 Å². The number of benzene rings is 1.